The van der Waals surface area contributed by atoms with Gasteiger partial charge in [-0.1, -0.05) is 43.5 Å². The fraction of sp³-hybridized carbons (Fsp3) is 0.469. The molecule has 1 N–H and O–H groups in total. The standard InChI is InChI=1S/C32H35F3N4O2S/c1-20-8-6-9-21(2)28(20)26-17-27-37-30(36-26)38-42-25-13-7-10-22(16-25)29(40)39(23-11-4-3-5-12-23)24(19-41-27)18-31(14-15-31)32(33,34)35/h6-10,13,16-17,23-24H,3-5,11-12,14-15,18-19H2,1-2H3,(H,36,37,38)/t24-/m1/s1. The van der Waals surface area contributed by atoms with Crippen LogP contribution in [0.4, 0.5) is 19.1 Å². The highest BCUT2D eigenvalue weighted by molar-refractivity contribution is 8.00. The average molecular weight is 597 g/mol. The summed E-state index contributed by atoms with van der Waals surface area (Å²) in [7, 11) is 0. The van der Waals surface area contributed by atoms with Gasteiger partial charge in [-0.15, -0.1) is 0 Å². The fourth-order valence-electron chi connectivity index (χ4n) is 6.45. The molecule has 0 radical (unpaired) electrons. The van der Waals surface area contributed by atoms with Crippen LogP contribution >= 0.6 is 11.9 Å². The van der Waals surface area contributed by atoms with Gasteiger partial charge >= 0.3 is 6.18 Å². The van der Waals surface area contributed by atoms with E-state index < -0.39 is 17.6 Å². The topological polar surface area (TPSA) is 67.4 Å². The van der Waals surface area contributed by atoms with Gasteiger partial charge in [0.05, 0.1) is 17.2 Å². The third-order valence-electron chi connectivity index (χ3n) is 8.88. The van der Waals surface area contributed by atoms with E-state index in [1.54, 1.807) is 29.2 Å². The number of carbonyl (C=O) groups excluding carboxylic acids is 1. The first kappa shape index (κ1) is 28.8. The highest BCUT2D eigenvalue weighted by Gasteiger charge is 2.64. The molecule has 2 aromatic carbocycles. The van der Waals surface area contributed by atoms with Crippen molar-refractivity contribution in [1.29, 1.82) is 0 Å². The van der Waals surface area contributed by atoms with Crippen molar-refractivity contribution in [3.8, 4) is 17.1 Å². The van der Waals surface area contributed by atoms with E-state index in [1.807, 2.05) is 38.1 Å². The maximum Gasteiger partial charge on any atom is 0.394 e. The predicted octanol–water partition coefficient (Wildman–Crippen LogP) is 8.15. The van der Waals surface area contributed by atoms with Crippen molar-refractivity contribution in [2.75, 3.05) is 11.3 Å². The van der Waals surface area contributed by atoms with Crippen molar-refractivity contribution in [2.24, 2.45) is 5.41 Å². The van der Waals surface area contributed by atoms with Crippen LogP contribution in [0.3, 0.4) is 0 Å². The molecule has 0 spiro atoms. The number of nitrogens with one attached hydrogen (secondary N) is 1. The smallest absolute Gasteiger partial charge is 0.394 e. The molecule has 2 fully saturated rings. The zero-order chi connectivity index (χ0) is 29.5. The Labute approximate surface area is 248 Å². The summed E-state index contributed by atoms with van der Waals surface area (Å²) in [6.07, 6.45) is 0.113. The molecule has 2 heterocycles. The number of hydrogen-bond donors (Lipinski definition) is 1. The summed E-state index contributed by atoms with van der Waals surface area (Å²) in [4.78, 5) is 26.1. The number of carbonyl (C=O) groups is 1. The van der Waals surface area contributed by atoms with Gasteiger partial charge < -0.3 is 9.64 Å². The zero-order valence-corrected chi connectivity index (χ0v) is 24.7. The summed E-state index contributed by atoms with van der Waals surface area (Å²) in [5.74, 6) is 0.333. The number of benzene rings is 2. The Balaban J connectivity index is 1.45. The summed E-state index contributed by atoms with van der Waals surface area (Å²) < 4.78 is 52.4. The van der Waals surface area contributed by atoms with Crippen molar-refractivity contribution in [3.05, 3.63) is 65.2 Å². The largest absolute Gasteiger partial charge is 0.475 e. The molecule has 1 aromatic heterocycles. The van der Waals surface area contributed by atoms with E-state index in [0.29, 0.717) is 17.2 Å². The van der Waals surface area contributed by atoms with Gasteiger partial charge in [-0.2, -0.15) is 18.2 Å². The molecule has 0 unspecified atom stereocenters. The molecule has 6 rings (SSSR count). The van der Waals surface area contributed by atoms with Crippen LogP contribution in [0.2, 0.25) is 0 Å². The number of amides is 1. The Bertz CT molecular complexity index is 1450. The monoisotopic (exact) mass is 596 g/mol. The van der Waals surface area contributed by atoms with Crippen LogP contribution in [0.25, 0.3) is 11.3 Å². The molecule has 3 aliphatic rings. The molecule has 1 aliphatic heterocycles. The van der Waals surface area contributed by atoms with Gasteiger partial charge in [0.25, 0.3) is 5.91 Å². The maximum atomic E-state index is 14.3. The van der Waals surface area contributed by atoms with Gasteiger partial charge in [0, 0.05) is 28.1 Å². The first-order chi connectivity index (χ1) is 20.1. The Morgan fingerprint density at radius 3 is 2.43 bits per heavy atom. The third kappa shape index (κ3) is 5.82. The van der Waals surface area contributed by atoms with E-state index in [-0.39, 0.29) is 43.7 Å². The number of rotatable bonds is 4. The third-order valence-corrected chi connectivity index (χ3v) is 9.66. The Morgan fingerprint density at radius 1 is 1.02 bits per heavy atom. The number of alkyl halides is 3. The van der Waals surface area contributed by atoms with E-state index >= 15 is 0 Å². The lowest BCUT2D eigenvalue weighted by atomic mass is 9.89. The molecule has 2 aliphatic carbocycles. The minimum Gasteiger partial charge on any atom is -0.475 e. The van der Waals surface area contributed by atoms with Crippen LogP contribution in [-0.2, 0) is 0 Å². The summed E-state index contributed by atoms with van der Waals surface area (Å²) in [6.45, 7) is 3.93. The van der Waals surface area contributed by atoms with Crippen molar-refractivity contribution in [2.45, 2.75) is 88.4 Å². The molecule has 4 bridgehead atoms. The molecular weight excluding hydrogens is 561 g/mol. The summed E-state index contributed by atoms with van der Waals surface area (Å²) in [5, 5.41) is 0. The predicted molar refractivity (Wildman–Crippen MR) is 158 cm³/mol. The van der Waals surface area contributed by atoms with Gasteiger partial charge in [0.2, 0.25) is 11.8 Å². The van der Waals surface area contributed by atoms with Gasteiger partial charge in [0.1, 0.15) is 6.61 Å². The van der Waals surface area contributed by atoms with Crippen molar-refractivity contribution in [3.63, 3.8) is 0 Å². The number of aromatic nitrogens is 2. The van der Waals surface area contributed by atoms with E-state index in [4.69, 9.17) is 9.72 Å². The lowest BCUT2D eigenvalue weighted by molar-refractivity contribution is -0.193. The quantitative estimate of drug-likeness (QED) is 0.307. The molecule has 10 heteroatoms. The Hall–Kier alpha value is -3.27. The molecule has 1 atom stereocenters. The molecule has 1 amide bonds. The van der Waals surface area contributed by atoms with Crippen LogP contribution in [0.5, 0.6) is 5.88 Å². The van der Waals surface area contributed by atoms with Crippen LogP contribution in [-0.4, -0.2) is 45.6 Å². The second kappa shape index (κ2) is 11.4. The first-order valence-corrected chi connectivity index (χ1v) is 15.5. The van der Waals surface area contributed by atoms with Crippen LogP contribution in [0, 0.1) is 19.3 Å². The highest BCUT2D eigenvalue weighted by atomic mass is 32.2. The number of nitrogens with zero attached hydrogens (tertiary/aromatic N) is 3. The summed E-state index contributed by atoms with van der Waals surface area (Å²) in [5.41, 5.74) is 2.36. The number of halogens is 3. The van der Waals surface area contributed by atoms with Crippen molar-refractivity contribution < 1.29 is 22.7 Å². The molecule has 0 saturated heterocycles. The van der Waals surface area contributed by atoms with E-state index in [9.17, 15) is 18.0 Å². The van der Waals surface area contributed by atoms with E-state index in [2.05, 4.69) is 9.71 Å². The van der Waals surface area contributed by atoms with Gasteiger partial charge in [-0.05, 0) is 87.2 Å². The second-order valence-corrected chi connectivity index (χ2v) is 12.7. The van der Waals surface area contributed by atoms with Crippen molar-refractivity contribution in [1.82, 2.24) is 14.9 Å². The minimum atomic E-state index is -4.34. The van der Waals surface area contributed by atoms with Gasteiger partial charge in [-0.3, -0.25) is 9.52 Å². The second-order valence-electron chi connectivity index (χ2n) is 11.9. The minimum absolute atomic E-state index is 0.0735. The number of anilines is 1. The molecule has 3 aromatic rings. The number of fused-ring (bicyclic) bond motifs is 4. The van der Waals surface area contributed by atoms with E-state index in [1.165, 1.54) is 11.9 Å². The molecule has 42 heavy (non-hydrogen) atoms. The van der Waals surface area contributed by atoms with Gasteiger partial charge in [-0.25, -0.2) is 4.98 Å². The lowest BCUT2D eigenvalue weighted by Gasteiger charge is -2.41. The molecule has 222 valence electrons. The van der Waals surface area contributed by atoms with E-state index in [0.717, 1.165) is 53.7 Å². The normalized spacial score (nSPS) is 20.9. The lowest BCUT2D eigenvalue weighted by Crippen LogP contribution is -2.52. The molecule has 2 saturated carbocycles. The molecular formula is C32H35F3N4O2S. The molecule has 6 nitrogen and oxygen atoms in total. The number of ether oxygens (including phenoxy) is 1. The first-order valence-electron chi connectivity index (χ1n) is 14.6. The van der Waals surface area contributed by atoms with Crippen molar-refractivity contribution >= 4 is 23.8 Å². The SMILES string of the molecule is Cc1cccc(C)c1-c1cc2nc(n1)NSc1cccc(c1)C(=O)N(C1CCCCC1)[C@H](CC1(C(F)(F)F)CC1)CO2. The maximum absolute atomic E-state index is 14.3. The average Bonchev–Trinajstić information content (AvgIpc) is 3.76. The summed E-state index contributed by atoms with van der Waals surface area (Å²) >= 11 is 1.28. The summed E-state index contributed by atoms with van der Waals surface area (Å²) in [6, 6.07) is 14.1. The fourth-order valence-corrected chi connectivity index (χ4v) is 7.08. The van der Waals surface area contributed by atoms with Gasteiger partial charge in [0.15, 0.2) is 0 Å². The van der Waals surface area contributed by atoms with Crippen LogP contribution in [0.1, 0.15) is 72.9 Å². The van der Waals surface area contributed by atoms with Crippen LogP contribution in [0.15, 0.2) is 53.4 Å². The highest BCUT2D eigenvalue weighted by Crippen LogP contribution is 2.61. The number of aryl methyl sites for hydroxylation is 2. The Morgan fingerprint density at radius 2 is 1.74 bits per heavy atom. The Kier molecular flexibility index (Phi) is 7.85. The van der Waals surface area contributed by atoms with Crippen LogP contribution < -0.4 is 9.46 Å². The zero-order valence-electron chi connectivity index (χ0n) is 23.8. The number of hydrogen-bond acceptors (Lipinski definition) is 6.